The first-order chi connectivity index (χ1) is 8.70. The maximum absolute atomic E-state index is 11.9. The fourth-order valence-electron chi connectivity index (χ4n) is 2.24. The third-order valence-electron chi connectivity index (χ3n) is 3.18. The van der Waals surface area contributed by atoms with Crippen LogP contribution in [-0.4, -0.2) is 30.3 Å². The Morgan fingerprint density at radius 3 is 2.89 bits per heavy atom. The lowest BCUT2D eigenvalue weighted by Gasteiger charge is -2.27. The summed E-state index contributed by atoms with van der Waals surface area (Å²) >= 11 is 6.12. The van der Waals surface area contributed by atoms with Crippen LogP contribution >= 0.6 is 11.6 Å². The van der Waals surface area contributed by atoms with Crippen LogP contribution < -0.4 is 0 Å². The van der Waals surface area contributed by atoms with Crippen molar-refractivity contribution in [3.05, 3.63) is 40.4 Å². The lowest BCUT2D eigenvalue weighted by atomic mass is 10.0. The SMILES string of the molecule is CCCN1CCC(=O)/C(=C/c2ccccc2Cl)C1. The molecule has 1 aliphatic heterocycles. The van der Waals surface area contributed by atoms with Crippen molar-refractivity contribution in [3.63, 3.8) is 0 Å². The minimum atomic E-state index is 0.252. The second-order valence-electron chi connectivity index (χ2n) is 4.64. The number of carbonyl (C=O) groups is 1. The van der Waals surface area contributed by atoms with E-state index in [0.29, 0.717) is 11.4 Å². The minimum Gasteiger partial charge on any atom is -0.299 e. The van der Waals surface area contributed by atoms with E-state index >= 15 is 0 Å². The number of carbonyl (C=O) groups excluding carboxylic acids is 1. The molecule has 0 aromatic heterocycles. The maximum Gasteiger partial charge on any atom is 0.161 e. The van der Waals surface area contributed by atoms with Crippen LogP contribution in [0.3, 0.4) is 0 Å². The van der Waals surface area contributed by atoms with E-state index in [9.17, 15) is 4.79 Å². The molecule has 0 amide bonds. The molecular formula is C15H18ClNO. The van der Waals surface area contributed by atoms with Gasteiger partial charge in [0.05, 0.1) is 0 Å². The summed E-state index contributed by atoms with van der Waals surface area (Å²) in [5.41, 5.74) is 1.81. The van der Waals surface area contributed by atoms with E-state index in [1.165, 1.54) is 0 Å². The van der Waals surface area contributed by atoms with Gasteiger partial charge in [-0.2, -0.15) is 0 Å². The van der Waals surface area contributed by atoms with Crippen LogP contribution in [0.15, 0.2) is 29.8 Å². The fraction of sp³-hybridized carbons (Fsp3) is 0.400. The Kier molecular flexibility index (Phi) is 4.56. The molecule has 0 bridgehead atoms. The molecule has 0 atom stereocenters. The lowest BCUT2D eigenvalue weighted by molar-refractivity contribution is -0.117. The van der Waals surface area contributed by atoms with Crippen LogP contribution in [0.1, 0.15) is 25.3 Å². The first-order valence-electron chi connectivity index (χ1n) is 6.41. The summed E-state index contributed by atoms with van der Waals surface area (Å²) in [6.07, 6.45) is 3.68. The Morgan fingerprint density at radius 2 is 2.17 bits per heavy atom. The molecule has 96 valence electrons. The van der Waals surface area contributed by atoms with Gasteiger partial charge < -0.3 is 0 Å². The number of rotatable bonds is 3. The second-order valence-corrected chi connectivity index (χ2v) is 5.05. The molecule has 0 aliphatic carbocycles. The number of piperidine rings is 1. The molecule has 0 spiro atoms. The Bertz CT molecular complexity index is 467. The highest BCUT2D eigenvalue weighted by Gasteiger charge is 2.20. The molecule has 1 fully saturated rings. The molecule has 0 N–H and O–H groups in total. The minimum absolute atomic E-state index is 0.252. The predicted octanol–water partition coefficient (Wildman–Crippen LogP) is 3.41. The van der Waals surface area contributed by atoms with E-state index in [0.717, 1.165) is 37.2 Å². The van der Waals surface area contributed by atoms with Crippen LogP contribution in [0.2, 0.25) is 5.02 Å². The number of Topliss-reactive ketones (excluding diaryl/α,β-unsaturated/α-hetero) is 1. The molecular weight excluding hydrogens is 246 g/mol. The summed E-state index contributed by atoms with van der Waals surface area (Å²) in [4.78, 5) is 14.2. The van der Waals surface area contributed by atoms with Crippen LogP contribution in [0.4, 0.5) is 0 Å². The zero-order valence-electron chi connectivity index (χ0n) is 10.7. The van der Waals surface area contributed by atoms with E-state index in [-0.39, 0.29) is 5.78 Å². The average Bonchev–Trinajstić information content (AvgIpc) is 2.36. The summed E-state index contributed by atoms with van der Waals surface area (Å²) in [5.74, 6) is 0.252. The quantitative estimate of drug-likeness (QED) is 0.779. The van der Waals surface area contributed by atoms with Crippen LogP contribution in [-0.2, 0) is 4.79 Å². The number of benzene rings is 1. The van der Waals surface area contributed by atoms with Gasteiger partial charge in [-0.05, 0) is 30.7 Å². The van der Waals surface area contributed by atoms with Crippen molar-refractivity contribution in [1.29, 1.82) is 0 Å². The number of ketones is 1. The van der Waals surface area contributed by atoms with E-state index < -0.39 is 0 Å². The van der Waals surface area contributed by atoms with Crippen molar-refractivity contribution in [2.24, 2.45) is 0 Å². The van der Waals surface area contributed by atoms with Crippen molar-refractivity contribution in [2.75, 3.05) is 19.6 Å². The molecule has 2 rings (SSSR count). The van der Waals surface area contributed by atoms with E-state index in [1.807, 2.05) is 30.3 Å². The van der Waals surface area contributed by atoms with Crippen molar-refractivity contribution in [3.8, 4) is 0 Å². The van der Waals surface area contributed by atoms with Crippen molar-refractivity contribution in [2.45, 2.75) is 19.8 Å². The zero-order valence-corrected chi connectivity index (χ0v) is 11.4. The highest BCUT2D eigenvalue weighted by molar-refractivity contribution is 6.32. The van der Waals surface area contributed by atoms with Crippen molar-refractivity contribution in [1.82, 2.24) is 4.90 Å². The van der Waals surface area contributed by atoms with Gasteiger partial charge in [0.1, 0.15) is 0 Å². The number of nitrogens with zero attached hydrogens (tertiary/aromatic N) is 1. The summed E-state index contributed by atoms with van der Waals surface area (Å²) in [6.45, 7) is 4.84. The first kappa shape index (κ1) is 13.3. The van der Waals surface area contributed by atoms with Gasteiger partial charge in [-0.1, -0.05) is 36.7 Å². The van der Waals surface area contributed by atoms with Gasteiger partial charge >= 0.3 is 0 Å². The van der Waals surface area contributed by atoms with Gasteiger partial charge in [0.15, 0.2) is 5.78 Å². The standard InChI is InChI=1S/C15H18ClNO/c1-2-8-17-9-7-15(18)13(11-17)10-12-5-3-4-6-14(12)16/h3-6,10H,2,7-9,11H2,1H3/b13-10+. The summed E-state index contributed by atoms with van der Waals surface area (Å²) < 4.78 is 0. The smallest absolute Gasteiger partial charge is 0.161 e. The van der Waals surface area contributed by atoms with Crippen LogP contribution in [0, 0.1) is 0 Å². The van der Waals surface area contributed by atoms with Crippen LogP contribution in [0.25, 0.3) is 6.08 Å². The maximum atomic E-state index is 11.9. The number of hydrogen-bond donors (Lipinski definition) is 0. The van der Waals surface area contributed by atoms with E-state index in [4.69, 9.17) is 11.6 Å². The third kappa shape index (κ3) is 3.21. The fourth-order valence-corrected chi connectivity index (χ4v) is 2.43. The number of likely N-dealkylation sites (tertiary alicyclic amines) is 1. The Morgan fingerprint density at radius 1 is 1.39 bits per heavy atom. The molecule has 1 heterocycles. The zero-order chi connectivity index (χ0) is 13.0. The average molecular weight is 264 g/mol. The van der Waals surface area contributed by atoms with Crippen molar-refractivity contribution >= 4 is 23.5 Å². The topological polar surface area (TPSA) is 20.3 Å². The van der Waals surface area contributed by atoms with Gasteiger partial charge in [-0.15, -0.1) is 0 Å². The largest absolute Gasteiger partial charge is 0.299 e. The van der Waals surface area contributed by atoms with E-state index in [1.54, 1.807) is 0 Å². The molecule has 2 nitrogen and oxygen atoms in total. The summed E-state index contributed by atoms with van der Waals surface area (Å²) in [6, 6.07) is 7.64. The van der Waals surface area contributed by atoms with Gasteiger partial charge in [-0.25, -0.2) is 0 Å². The highest BCUT2D eigenvalue weighted by Crippen LogP contribution is 2.21. The molecule has 1 saturated heterocycles. The molecule has 0 saturated carbocycles. The highest BCUT2D eigenvalue weighted by atomic mass is 35.5. The molecule has 1 aromatic carbocycles. The van der Waals surface area contributed by atoms with Gasteiger partial charge in [0, 0.05) is 30.1 Å². The summed E-state index contributed by atoms with van der Waals surface area (Å²) in [7, 11) is 0. The summed E-state index contributed by atoms with van der Waals surface area (Å²) in [5, 5.41) is 0.699. The monoisotopic (exact) mass is 263 g/mol. The third-order valence-corrected chi connectivity index (χ3v) is 3.53. The van der Waals surface area contributed by atoms with E-state index in [2.05, 4.69) is 11.8 Å². The molecule has 0 radical (unpaired) electrons. The normalized spacial score (nSPS) is 19.4. The van der Waals surface area contributed by atoms with Crippen molar-refractivity contribution < 1.29 is 4.79 Å². The number of hydrogen-bond acceptors (Lipinski definition) is 2. The molecule has 0 unspecified atom stereocenters. The van der Waals surface area contributed by atoms with Gasteiger partial charge in [0.2, 0.25) is 0 Å². The first-order valence-corrected chi connectivity index (χ1v) is 6.79. The van der Waals surface area contributed by atoms with Gasteiger partial charge in [0.25, 0.3) is 0 Å². The van der Waals surface area contributed by atoms with Crippen LogP contribution in [0.5, 0.6) is 0 Å². The Hall–Kier alpha value is -1.12. The molecule has 1 aromatic rings. The predicted molar refractivity (Wildman–Crippen MR) is 75.8 cm³/mol. The molecule has 18 heavy (non-hydrogen) atoms. The second kappa shape index (κ2) is 6.17. The Labute approximate surface area is 113 Å². The van der Waals surface area contributed by atoms with Gasteiger partial charge in [-0.3, -0.25) is 9.69 Å². The number of halogens is 1. The molecule has 3 heteroatoms. The lowest BCUT2D eigenvalue weighted by Crippen LogP contribution is -2.36. The molecule has 1 aliphatic rings. The Balaban J connectivity index is 2.19.